The molecule has 2 fully saturated rings. The van der Waals surface area contributed by atoms with Crippen LogP contribution in [-0.2, 0) is 0 Å². The first-order chi connectivity index (χ1) is 8.79. The lowest BCUT2D eigenvalue weighted by atomic mass is 9.76. The summed E-state index contributed by atoms with van der Waals surface area (Å²) < 4.78 is 0. The van der Waals surface area contributed by atoms with Gasteiger partial charge in [0, 0.05) is 0 Å². The van der Waals surface area contributed by atoms with Gasteiger partial charge in [-0.25, -0.2) is 0 Å². The topological polar surface area (TPSA) is 12.0 Å². The van der Waals surface area contributed by atoms with Crippen LogP contribution in [0.1, 0.15) is 72.1 Å². The zero-order valence-electron chi connectivity index (χ0n) is 13.0. The summed E-state index contributed by atoms with van der Waals surface area (Å²) in [5.41, 5.74) is 0. The van der Waals surface area contributed by atoms with Gasteiger partial charge in [-0.05, 0) is 44.7 Å². The largest absolute Gasteiger partial charge is 0.316 e. The molecule has 1 N–H and O–H groups in total. The Balaban J connectivity index is 0.000000309. The minimum atomic E-state index is 1.04. The summed E-state index contributed by atoms with van der Waals surface area (Å²) in [6, 6.07) is 0. The molecule has 1 nitrogen and oxygen atoms in total. The van der Waals surface area contributed by atoms with Gasteiger partial charge >= 0.3 is 0 Å². The SMILES string of the molecule is C1CCC2CNCCC2C1.C=CC.CCCCC. The van der Waals surface area contributed by atoms with Gasteiger partial charge in [-0.15, -0.1) is 6.58 Å². The van der Waals surface area contributed by atoms with Gasteiger partial charge in [0.2, 0.25) is 0 Å². The molecule has 0 aromatic carbocycles. The van der Waals surface area contributed by atoms with Crippen LogP contribution < -0.4 is 5.32 Å². The standard InChI is InChI=1S/C9H17N.C5H12.C3H6/c1-2-4-9-7-10-6-5-8(9)3-1;1-3-5-4-2;1-3-2/h8-10H,1-7H2;3-5H2,1-2H3;3H,1H2,2H3. The predicted molar refractivity (Wildman–Crippen MR) is 84.0 cm³/mol. The van der Waals surface area contributed by atoms with Gasteiger partial charge in [0.05, 0.1) is 0 Å². The van der Waals surface area contributed by atoms with Crippen molar-refractivity contribution in [2.24, 2.45) is 11.8 Å². The Morgan fingerprint density at radius 2 is 1.61 bits per heavy atom. The minimum absolute atomic E-state index is 1.04. The van der Waals surface area contributed by atoms with Crippen molar-refractivity contribution in [1.29, 1.82) is 0 Å². The Kier molecular flexibility index (Phi) is 12.9. The second-order valence-electron chi connectivity index (χ2n) is 5.56. The molecule has 2 atom stereocenters. The van der Waals surface area contributed by atoms with Crippen LogP contribution in [0.15, 0.2) is 12.7 Å². The van der Waals surface area contributed by atoms with E-state index in [1.165, 1.54) is 64.5 Å². The second-order valence-corrected chi connectivity index (χ2v) is 5.56. The molecule has 2 rings (SSSR count). The lowest BCUT2D eigenvalue weighted by molar-refractivity contribution is 0.185. The van der Waals surface area contributed by atoms with Crippen molar-refractivity contribution in [2.75, 3.05) is 13.1 Å². The Hall–Kier alpha value is -0.300. The highest BCUT2D eigenvalue weighted by Gasteiger charge is 2.26. The molecule has 18 heavy (non-hydrogen) atoms. The average Bonchev–Trinajstić information content (AvgIpc) is 2.41. The van der Waals surface area contributed by atoms with Gasteiger partial charge in [-0.1, -0.05) is 58.4 Å². The van der Waals surface area contributed by atoms with E-state index in [1.807, 2.05) is 6.92 Å². The highest BCUT2D eigenvalue weighted by molar-refractivity contribution is 4.81. The van der Waals surface area contributed by atoms with Crippen LogP contribution in [0, 0.1) is 11.8 Å². The lowest BCUT2D eigenvalue weighted by Gasteiger charge is -2.35. The summed E-state index contributed by atoms with van der Waals surface area (Å²) in [6.07, 6.45) is 13.3. The van der Waals surface area contributed by atoms with Crippen LogP contribution in [0.25, 0.3) is 0 Å². The molecule has 2 aliphatic rings. The van der Waals surface area contributed by atoms with Crippen LogP contribution in [0.2, 0.25) is 0 Å². The zero-order valence-corrected chi connectivity index (χ0v) is 13.0. The summed E-state index contributed by atoms with van der Waals surface area (Å²) in [6.45, 7) is 12.3. The number of hydrogen-bond acceptors (Lipinski definition) is 1. The molecule has 1 aliphatic heterocycles. The van der Waals surface area contributed by atoms with Crippen molar-refractivity contribution < 1.29 is 0 Å². The summed E-state index contributed by atoms with van der Waals surface area (Å²) in [7, 11) is 0. The molecule has 0 amide bonds. The molecule has 1 heterocycles. The Labute approximate surface area is 115 Å². The molecule has 1 saturated carbocycles. The van der Waals surface area contributed by atoms with E-state index in [0.717, 1.165) is 11.8 Å². The maximum atomic E-state index is 3.48. The number of allylic oxidation sites excluding steroid dienone is 1. The molecular weight excluding hydrogens is 218 g/mol. The van der Waals surface area contributed by atoms with Crippen molar-refractivity contribution in [1.82, 2.24) is 5.32 Å². The number of rotatable bonds is 2. The van der Waals surface area contributed by atoms with E-state index in [9.17, 15) is 0 Å². The van der Waals surface area contributed by atoms with Crippen molar-refractivity contribution in [3.63, 3.8) is 0 Å². The van der Waals surface area contributed by atoms with Crippen molar-refractivity contribution in [3.05, 3.63) is 12.7 Å². The lowest BCUT2D eigenvalue weighted by Crippen LogP contribution is -2.38. The predicted octanol–water partition coefficient (Wildman–Crippen LogP) is 5.17. The van der Waals surface area contributed by atoms with Crippen LogP contribution >= 0.6 is 0 Å². The number of unbranched alkanes of at least 4 members (excludes halogenated alkanes) is 2. The normalized spacial score (nSPS) is 25.7. The fraction of sp³-hybridized carbons (Fsp3) is 0.882. The van der Waals surface area contributed by atoms with Gasteiger partial charge in [-0.3, -0.25) is 0 Å². The molecule has 0 aromatic rings. The average molecular weight is 253 g/mol. The first kappa shape index (κ1) is 17.7. The Bertz CT molecular complexity index is 148. The third-order valence-corrected chi connectivity index (χ3v) is 3.87. The maximum Gasteiger partial charge on any atom is -0.00179 e. The van der Waals surface area contributed by atoms with Gasteiger partial charge in [0.15, 0.2) is 0 Å². The van der Waals surface area contributed by atoms with E-state index < -0.39 is 0 Å². The number of nitrogens with one attached hydrogen (secondary N) is 1. The fourth-order valence-corrected chi connectivity index (χ4v) is 2.86. The van der Waals surface area contributed by atoms with E-state index in [-0.39, 0.29) is 0 Å². The molecule has 108 valence electrons. The molecule has 1 heteroatoms. The van der Waals surface area contributed by atoms with E-state index >= 15 is 0 Å². The number of piperidine rings is 1. The minimum Gasteiger partial charge on any atom is -0.316 e. The molecule has 1 aliphatic carbocycles. The van der Waals surface area contributed by atoms with Gasteiger partial charge in [-0.2, -0.15) is 0 Å². The monoisotopic (exact) mass is 253 g/mol. The summed E-state index contributed by atoms with van der Waals surface area (Å²) >= 11 is 0. The van der Waals surface area contributed by atoms with Crippen molar-refractivity contribution in [3.8, 4) is 0 Å². The van der Waals surface area contributed by atoms with Crippen LogP contribution in [-0.4, -0.2) is 13.1 Å². The van der Waals surface area contributed by atoms with E-state index in [2.05, 4.69) is 25.7 Å². The summed E-state index contributed by atoms with van der Waals surface area (Å²) in [5.74, 6) is 2.14. The van der Waals surface area contributed by atoms with E-state index in [1.54, 1.807) is 6.08 Å². The maximum absolute atomic E-state index is 3.48. The van der Waals surface area contributed by atoms with Gasteiger partial charge in [0.1, 0.15) is 0 Å². The summed E-state index contributed by atoms with van der Waals surface area (Å²) in [4.78, 5) is 0. The van der Waals surface area contributed by atoms with Crippen LogP contribution in [0.5, 0.6) is 0 Å². The number of hydrogen-bond donors (Lipinski definition) is 1. The van der Waals surface area contributed by atoms with Crippen molar-refractivity contribution >= 4 is 0 Å². The third-order valence-electron chi connectivity index (χ3n) is 3.87. The van der Waals surface area contributed by atoms with Crippen molar-refractivity contribution in [2.45, 2.75) is 72.1 Å². The first-order valence-corrected chi connectivity index (χ1v) is 8.07. The van der Waals surface area contributed by atoms with E-state index in [4.69, 9.17) is 0 Å². The molecular formula is C17H35N. The quantitative estimate of drug-likeness (QED) is 0.669. The molecule has 1 saturated heterocycles. The fourth-order valence-electron chi connectivity index (χ4n) is 2.86. The number of fused-ring (bicyclic) bond motifs is 1. The molecule has 0 bridgehead atoms. The first-order valence-electron chi connectivity index (χ1n) is 8.07. The smallest absolute Gasteiger partial charge is 0.00179 e. The molecule has 2 unspecified atom stereocenters. The Morgan fingerprint density at radius 1 is 1.06 bits per heavy atom. The second kappa shape index (κ2) is 13.1. The highest BCUT2D eigenvalue weighted by atomic mass is 14.9. The van der Waals surface area contributed by atoms with Gasteiger partial charge < -0.3 is 5.32 Å². The Morgan fingerprint density at radius 3 is 2.06 bits per heavy atom. The van der Waals surface area contributed by atoms with Gasteiger partial charge in [0.25, 0.3) is 0 Å². The van der Waals surface area contributed by atoms with E-state index in [0.29, 0.717) is 0 Å². The van der Waals surface area contributed by atoms with Crippen LogP contribution in [0.4, 0.5) is 0 Å². The zero-order chi connectivity index (χ0) is 13.6. The molecule has 0 spiro atoms. The molecule has 0 aromatic heterocycles. The molecule has 0 radical (unpaired) electrons. The third kappa shape index (κ3) is 8.74. The highest BCUT2D eigenvalue weighted by Crippen LogP contribution is 2.33. The van der Waals surface area contributed by atoms with Crippen LogP contribution in [0.3, 0.4) is 0 Å². The summed E-state index contributed by atoms with van der Waals surface area (Å²) in [5, 5.41) is 3.48.